The van der Waals surface area contributed by atoms with Crippen molar-refractivity contribution in [3.05, 3.63) is 17.5 Å². The third kappa shape index (κ3) is 4.32. The first-order chi connectivity index (χ1) is 10.3. The van der Waals surface area contributed by atoms with Gasteiger partial charge in [0.2, 0.25) is 0 Å². The molecule has 0 aliphatic carbocycles. The fourth-order valence-electron chi connectivity index (χ4n) is 3.17. The number of hydrogen-bond donors (Lipinski definition) is 1. The van der Waals surface area contributed by atoms with Crippen molar-refractivity contribution in [2.45, 2.75) is 53.0 Å². The summed E-state index contributed by atoms with van der Waals surface area (Å²) >= 11 is 0. The molecule has 22 heavy (non-hydrogen) atoms. The van der Waals surface area contributed by atoms with E-state index >= 15 is 0 Å². The van der Waals surface area contributed by atoms with Crippen molar-refractivity contribution in [1.29, 1.82) is 0 Å². The first-order valence-electron chi connectivity index (χ1n) is 8.35. The summed E-state index contributed by atoms with van der Waals surface area (Å²) in [5.41, 5.74) is 1.42. The van der Waals surface area contributed by atoms with E-state index in [9.17, 15) is 4.79 Å². The molecule has 1 aliphatic rings. The van der Waals surface area contributed by atoms with Crippen LogP contribution in [0.2, 0.25) is 0 Å². The molecule has 1 aromatic heterocycles. The van der Waals surface area contributed by atoms with E-state index in [1.807, 2.05) is 17.7 Å². The summed E-state index contributed by atoms with van der Waals surface area (Å²) in [5, 5.41) is 7.45. The van der Waals surface area contributed by atoms with Gasteiger partial charge < -0.3 is 10.2 Å². The maximum atomic E-state index is 12.2. The van der Waals surface area contributed by atoms with Gasteiger partial charge in [0.05, 0.1) is 5.54 Å². The van der Waals surface area contributed by atoms with Crippen LogP contribution in [0.15, 0.2) is 6.07 Å². The summed E-state index contributed by atoms with van der Waals surface area (Å²) in [6, 6.07) is 1.86. The fourth-order valence-corrected chi connectivity index (χ4v) is 3.17. The Hall–Kier alpha value is -1.36. The molecule has 0 radical (unpaired) electrons. The van der Waals surface area contributed by atoms with Crippen LogP contribution < -0.4 is 5.32 Å². The summed E-state index contributed by atoms with van der Waals surface area (Å²) in [6.07, 6.45) is 2.59. The van der Waals surface area contributed by atoms with Crippen LogP contribution in [0.3, 0.4) is 0 Å². The number of carbonyl (C=O) groups excluding carboxylic acids is 1. The number of aromatic nitrogens is 2. The molecular weight excluding hydrogens is 276 g/mol. The normalized spacial score (nSPS) is 20.1. The number of aryl methyl sites for hydroxylation is 1. The number of hydrogen-bond acceptors (Lipinski definition) is 3. The maximum absolute atomic E-state index is 12.2. The van der Waals surface area contributed by atoms with Gasteiger partial charge in [-0.05, 0) is 59.1 Å². The molecule has 1 saturated heterocycles. The molecule has 1 aromatic rings. The van der Waals surface area contributed by atoms with Crippen molar-refractivity contribution in [1.82, 2.24) is 20.0 Å². The first kappa shape index (κ1) is 17.0. The van der Waals surface area contributed by atoms with E-state index in [2.05, 4.69) is 43.0 Å². The van der Waals surface area contributed by atoms with Gasteiger partial charge in [-0.3, -0.25) is 9.48 Å². The van der Waals surface area contributed by atoms with Gasteiger partial charge in [0.25, 0.3) is 5.91 Å². The third-order valence-electron chi connectivity index (χ3n) is 4.21. The minimum Gasteiger partial charge on any atom is -0.349 e. The van der Waals surface area contributed by atoms with Crippen LogP contribution in [0, 0.1) is 12.8 Å². The van der Waals surface area contributed by atoms with Crippen molar-refractivity contribution in [3.8, 4) is 0 Å². The molecule has 1 atom stereocenters. The molecule has 0 unspecified atom stereocenters. The predicted octanol–water partition coefficient (Wildman–Crippen LogP) is 2.41. The number of piperidine rings is 1. The topological polar surface area (TPSA) is 50.2 Å². The van der Waals surface area contributed by atoms with Crippen LogP contribution in [0.4, 0.5) is 0 Å². The van der Waals surface area contributed by atoms with Crippen LogP contribution in [0.5, 0.6) is 0 Å². The smallest absolute Gasteiger partial charge is 0.271 e. The van der Waals surface area contributed by atoms with Crippen molar-refractivity contribution in [2.75, 3.05) is 26.2 Å². The summed E-state index contributed by atoms with van der Waals surface area (Å²) < 4.78 is 1.91. The Morgan fingerprint density at radius 2 is 2.18 bits per heavy atom. The van der Waals surface area contributed by atoms with Crippen LogP contribution in [0.25, 0.3) is 0 Å². The van der Waals surface area contributed by atoms with Gasteiger partial charge in [-0.25, -0.2) is 0 Å². The average Bonchev–Trinajstić information content (AvgIpc) is 2.81. The highest BCUT2D eigenvalue weighted by atomic mass is 16.1. The van der Waals surface area contributed by atoms with Gasteiger partial charge in [0.15, 0.2) is 0 Å². The van der Waals surface area contributed by atoms with E-state index in [4.69, 9.17) is 0 Å². The third-order valence-corrected chi connectivity index (χ3v) is 4.21. The number of nitrogens with zero attached hydrogens (tertiary/aromatic N) is 3. The van der Waals surface area contributed by atoms with Crippen LogP contribution >= 0.6 is 0 Å². The molecule has 1 fully saturated rings. The van der Waals surface area contributed by atoms with E-state index in [0.717, 1.165) is 31.2 Å². The Labute approximate surface area is 134 Å². The molecule has 2 heterocycles. The highest BCUT2D eigenvalue weighted by Crippen LogP contribution is 2.17. The first-order valence-corrected chi connectivity index (χ1v) is 8.35. The SMILES string of the molecule is Cc1cc(C(=O)NCCN2CCC[C@@H](C)C2)nn1C(C)(C)C. The average molecular weight is 306 g/mol. The van der Waals surface area contributed by atoms with Crippen molar-refractivity contribution >= 4 is 5.91 Å². The molecule has 5 heteroatoms. The Morgan fingerprint density at radius 1 is 1.45 bits per heavy atom. The second-order valence-corrected chi connectivity index (χ2v) is 7.56. The number of rotatable bonds is 4. The molecule has 124 valence electrons. The second-order valence-electron chi connectivity index (χ2n) is 7.56. The number of likely N-dealkylation sites (tertiary alicyclic amines) is 1. The lowest BCUT2D eigenvalue weighted by Crippen LogP contribution is -2.40. The standard InChI is InChI=1S/C17H30N4O/c1-13-7-6-9-20(12-13)10-8-18-16(22)15-11-14(2)21(19-15)17(3,4)5/h11,13H,6-10,12H2,1-5H3,(H,18,22)/t13-/m1/s1. The Bertz CT molecular complexity index is 515. The monoisotopic (exact) mass is 306 g/mol. The molecule has 1 aliphatic heterocycles. The minimum atomic E-state index is -0.105. The summed E-state index contributed by atoms with van der Waals surface area (Å²) in [4.78, 5) is 14.7. The Morgan fingerprint density at radius 3 is 2.77 bits per heavy atom. The summed E-state index contributed by atoms with van der Waals surface area (Å²) in [5.74, 6) is 0.700. The van der Waals surface area contributed by atoms with Crippen LogP contribution in [0.1, 0.15) is 56.7 Å². The van der Waals surface area contributed by atoms with Crippen LogP contribution in [-0.2, 0) is 5.54 Å². The second kappa shape index (κ2) is 6.82. The Kier molecular flexibility index (Phi) is 5.27. The molecule has 1 N–H and O–H groups in total. The van der Waals surface area contributed by atoms with Crippen LogP contribution in [-0.4, -0.2) is 46.8 Å². The van der Waals surface area contributed by atoms with Gasteiger partial charge in [-0.2, -0.15) is 5.10 Å². The lowest BCUT2D eigenvalue weighted by atomic mass is 10.0. The van der Waals surface area contributed by atoms with E-state index in [1.165, 1.54) is 12.8 Å². The van der Waals surface area contributed by atoms with Crippen molar-refractivity contribution < 1.29 is 4.79 Å². The van der Waals surface area contributed by atoms with E-state index < -0.39 is 0 Å². The zero-order chi connectivity index (χ0) is 16.3. The highest BCUT2D eigenvalue weighted by Gasteiger charge is 2.20. The molecule has 2 rings (SSSR count). The number of carbonyl (C=O) groups is 1. The molecule has 0 bridgehead atoms. The number of amides is 1. The number of nitrogens with one attached hydrogen (secondary N) is 1. The molecule has 0 saturated carbocycles. The Balaban J connectivity index is 1.85. The van der Waals surface area contributed by atoms with Crippen molar-refractivity contribution in [3.63, 3.8) is 0 Å². The predicted molar refractivity (Wildman–Crippen MR) is 89.1 cm³/mol. The summed E-state index contributed by atoms with van der Waals surface area (Å²) in [6.45, 7) is 14.5. The quantitative estimate of drug-likeness (QED) is 0.929. The van der Waals surface area contributed by atoms with E-state index in [-0.39, 0.29) is 11.4 Å². The lowest BCUT2D eigenvalue weighted by molar-refractivity contribution is 0.0937. The molecule has 5 nitrogen and oxygen atoms in total. The molecule has 0 aromatic carbocycles. The molecule has 1 amide bonds. The molecular formula is C17H30N4O. The molecule has 0 spiro atoms. The van der Waals surface area contributed by atoms with Gasteiger partial charge in [-0.1, -0.05) is 6.92 Å². The zero-order valence-corrected chi connectivity index (χ0v) is 14.6. The van der Waals surface area contributed by atoms with Gasteiger partial charge in [0, 0.05) is 25.3 Å². The highest BCUT2D eigenvalue weighted by molar-refractivity contribution is 5.92. The minimum absolute atomic E-state index is 0.0730. The maximum Gasteiger partial charge on any atom is 0.271 e. The van der Waals surface area contributed by atoms with Gasteiger partial charge >= 0.3 is 0 Å². The zero-order valence-electron chi connectivity index (χ0n) is 14.6. The largest absolute Gasteiger partial charge is 0.349 e. The fraction of sp³-hybridized carbons (Fsp3) is 0.765. The van der Waals surface area contributed by atoms with E-state index in [0.29, 0.717) is 12.2 Å². The van der Waals surface area contributed by atoms with Crippen molar-refractivity contribution in [2.24, 2.45) is 5.92 Å². The van der Waals surface area contributed by atoms with Gasteiger partial charge in [0.1, 0.15) is 5.69 Å². The summed E-state index contributed by atoms with van der Waals surface area (Å²) in [7, 11) is 0. The lowest BCUT2D eigenvalue weighted by Gasteiger charge is -2.30. The van der Waals surface area contributed by atoms with Gasteiger partial charge in [-0.15, -0.1) is 0 Å². The van der Waals surface area contributed by atoms with E-state index in [1.54, 1.807) is 0 Å².